The quantitative estimate of drug-likeness (QED) is 0.107. The first-order valence-corrected chi connectivity index (χ1v) is 25.1. The van der Waals surface area contributed by atoms with Crippen LogP contribution < -0.4 is 20.1 Å². The molecule has 6 aromatic rings. The predicted molar refractivity (Wildman–Crippen MR) is 263 cm³/mol. The van der Waals surface area contributed by atoms with Crippen LogP contribution in [0.4, 0.5) is 20.2 Å². The molecule has 2 aromatic heterocycles. The predicted octanol–water partition coefficient (Wildman–Crippen LogP) is 9.97. The number of rotatable bonds is 10. The van der Waals surface area contributed by atoms with Gasteiger partial charge in [0.05, 0.1) is 22.1 Å². The van der Waals surface area contributed by atoms with Crippen molar-refractivity contribution in [3.05, 3.63) is 174 Å². The van der Waals surface area contributed by atoms with Crippen LogP contribution in [0.5, 0.6) is 0 Å². The Hall–Kier alpha value is -4.60. The van der Waals surface area contributed by atoms with Gasteiger partial charge in [0.2, 0.25) is 11.8 Å². The monoisotopic (exact) mass is 1020 g/mol. The van der Waals surface area contributed by atoms with Gasteiger partial charge >= 0.3 is 0 Å². The molecular formula is C46H50Cl2F2N6O6S4. The fourth-order valence-electron chi connectivity index (χ4n) is 7.20. The molecule has 8 rings (SSSR count). The molecule has 0 saturated carbocycles. The number of thiophene rings is 2. The molecule has 12 nitrogen and oxygen atoms in total. The lowest BCUT2D eigenvalue weighted by atomic mass is 10.0. The lowest BCUT2D eigenvalue weighted by molar-refractivity contribution is -0.120. The van der Waals surface area contributed by atoms with E-state index in [4.69, 9.17) is 23.2 Å². The summed E-state index contributed by atoms with van der Waals surface area (Å²) in [5.41, 5.74) is 5.08. The molecule has 0 radical (unpaired) electrons. The zero-order valence-electron chi connectivity index (χ0n) is 34.2. The van der Waals surface area contributed by atoms with Crippen molar-refractivity contribution in [2.75, 3.05) is 24.7 Å². The maximum atomic E-state index is 13.4. The SMILES string of the molecule is C.C.CN1[C@@H](C(=O)Nc2ccc(F)c(Cl)c2)C[C@@H](c2cc(Cc3ccccc3)cs2)NS1(=O)=O.CN1[C@H](C(=O)Nc2ccc(F)c(Cl)c2)C[C@H](c2cc(Cc3ccccc3)cs2)NS1(=O)=O. The van der Waals surface area contributed by atoms with Gasteiger partial charge in [-0.3, -0.25) is 9.59 Å². The number of carbonyl (C=O) groups is 2. The van der Waals surface area contributed by atoms with Crippen LogP contribution in [0, 0.1) is 11.6 Å². The molecule has 2 aliphatic heterocycles. The summed E-state index contributed by atoms with van der Waals surface area (Å²) in [5.74, 6) is -2.22. The minimum atomic E-state index is -3.87. The van der Waals surface area contributed by atoms with Crippen LogP contribution in [0.1, 0.15) is 71.8 Å². The summed E-state index contributed by atoms with van der Waals surface area (Å²) in [6.45, 7) is 0. The zero-order valence-corrected chi connectivity index (χ0v) is 39.0. The highest BCUT2D eigenvalue weighted by atomic mass is 35.5. The zero-order chi connectivity index (χ0) is 45.8. The second kappa shape index (κ2) is 22.5. The summed E-state index contributed by atoms with van der Waals surface area (Å²) < 4.78 is 84.9. The van der Waals surface area contributed by atoms with Gasteiger partial charge in [0.1, 0.15) is 23.7 Å². The Morgan fingerprint density at radius 3 is 1.32 bits per heavy atom. The topological polar surface area (TPSA) is 157 Å². The van der Waals surface area contributed by atoms with Crippen molar-refractivity contribution in [3.63, 3.8) is 0 Å². The van der Waals surface area contributed by atoms with Gasteiger partial charge in [0.15, 0.2) is 0 Å². The first kappa shape index (κ1) is 52.4. The Bertz CT molecular complexity index is 2660. The van der Waals surface area contributed by atoms with Crippen molar-refractivity contribution in [1.82, 2.24) is 18.1 Å². The Kier molecular flexibility index (Phi) is 17.8. The largest absolute Gasteiger partial charge is 0.325 e. The van der Waals surface area contributed by atoms with Gasteiger partial charge in [-0.05, 0) is 107 Å². The molecule has 0 spiro atoms. The Morgan fingerprint density at radius 2 is 0.970 bits per heavy atom. The van der Waals surface area contributed by atoms with Gasteiger partial charge in [-0.15, -0.1) is 22.7 Å². The summed E-state index contributed by atoms with van der Waals surface area (Å²) in [5, 5.41) is 9.03. The number of halogens is 4. The minimum Gasteiger partial charge on any atom is -0.325 e. The number of carbonyl (C=O) groups excluding carboxylic acids is 2. The number of nitrogens with one attached hydrogen (secondary N) is 4. The fourth-order valence-corrected chi connectivity index (χ4v) is 12.2. The number of hydrogen-bond donors (Lipinski definition) is 4. The Labute approximate surface area is 403 Å². The van der Waals surface area contributed by atoms with Gasteiger partial charge in [-0.2, -0.15) is 34.9 Å². The van der Waals surface area contributed by atoms with E-state index in [0.29, 0.717) is 11.4 Å². The summed E-state index contributed by atoms with van der Waals surface area (Å²) in [7, 11) is -5.02. The Balaban J connectivity index is 0.000000240. The molecule has 0 unspecified atom stereocenters. The summed E-state index contributed by atoms with van der Waals surface area (Å²) >= 11 is 14.5. The van der Waals surface area contributed by atoms with E-state index in [-0.39, 0.29) is 37.7 Å². The van der Waals surface area contributed by atoms with E-state index in [9.17, 15) is 35.2 Å². The van der Waals surface area contributed by atoms with Gasteiger partial charge in [0, 0.05) is 35.2 Å². The first-order chi connectivity index (χ1) is 30.5. The van der Waals surface area contributed by atoms with Crippen LogP contribution in [0.3, 0.4) is 0 Å². The highest BCUT2D eigenvalue weighted by molar-refractivity contribution is 7.87. The first-order valence-electron chi connectivity index (χ1n) is 19.7. The second-order valence-corrected chi connectivity index (χ2v) is 21.4. The van der Waals surface area contributed by atoms with Crippen molar-refractivity contribution in [2.45, 2.75) is 64.7 Å². The van der Waals surface area contributed by atoms with Gasteiger partial charge in [0.25, 0.3) is 20.4 Å². The molecule has 4 aromatic carbocycles. The molecule has 352 valence electrons. The third kappa shape index (κ3) is 12.9. The molecule has 4 N–H and O–H groups in total. The van der Waals surface area contributed by atoms with E-state index in [1.807, 2.05) is 83.6 Å². The minimum absolute atomic E-state index is 0. The molecule has 4 heterocycles. The van der Waals surface area contributed by atoms with Crippen LogP contribution >= 0.6 is 45.9 Å². The molecule has 20 heteroatoms. The number of hydrogen-bond acceptors (Lipinski definition) is 8. The van der Waals surface area contributed by atoms with Crippen LogP contribution in [-0.4, -0.2) is 63.4 Å². The molecule has 0 bridgehead atoms. The molecule has 66 heavy (non-hydrogen) atoms. The number of amides is 2. The molecule has 2 fully saturated rings. The smallest absolute Gasteiger partial charge is 0.280 e. The molecular weight excluding hydrogens is 970 g/mol. The molecule has 4 atom stereocenters. The average molecular weight is 1020 g/mol. The fraction of sp³-hybridized carbons (Fsp3) is 0.261. The highest BCUT2D eigenvalue weighted by Gasteiger charge is 2.42. The van der Waals surface area contributed by atoms with Gasteiger partial charge in [-0.1, -0.05) is 98.7 Å². The van der Waals surface area contributed by atoms with Crippen molar-refractivity contribution >= 4 is 89.5 Å². The standard InChI is InChI=1S/2C22H21ClFN3O3S2.2CH4/c2*1-27-20(22(28)25-16-7-8-18(24)17(23)11-16)12-19(26-32(27,29)30)21-10-15(13-31-21)9-14-5-3-2-4-6-14;;/h2*2-8,10-11,13,19-20,26H,9,12H2,1H3,(H,25,28);2*1H4/t2*19-,20+;;/m10../s1. The maximum absolute atomic E-state index is 13.4. The number of benzene rings is 4. The van der Waals surface area contributed by atoms with Gasteiger partial charge < -0.3 is 10.6 Å². The summed E-state index contributed by atoms with van der Waals surface area (Å²) in [4.78, 5) is 27.5. The molecule has 0 aliphatic carbocycles. The third-order valence-electron chi connectivity index (χ3n) is 10.7. The Morgan fingerprint density at radius 1 is 0.606 bits per heavy atom. The lowest BCUT2D eigenvalue weighted by Crippen LogP contribution is -2.55. The summed E-state index contributed by atoms with van der Waals surface area (Å²) in [6, 6.07) is 28.6. The van der Waals surface area contributed by atoms with Crippen LogP contribution in [0.25, 0.3) is 0 Å². The van der Waals surface area contributed by atoms with E-state index in [0.717, 1.165) is 65.6 Å². The van der Waals surface area contributed by atoms with Crippen LogP contribution in [-0.2, 0) is 42.8 Å². The number of nitrogens with zero attached hydrogens (tertiary/aromatic N) is 2. The maximum Gasteiger partial charge on any atom is 0.280 e. The van der Waals surface area contributed by atoms with E-state index < -0.39 is 68.0 Å². The lowest BCUT2D eigenvalue weighted by Gasteiger charge is -2.35. The molecule has 2 saturated heterocycles. The van der Waals surface area contributed by atoms with E-state index >= 15 is 0 Å². The average Bonchev–Trinajstić information content (AvgIpc) is 3.93. The van der Waals surface area contributed by atoms with Crippen molar-refractivity contribution in [2.24, 2.45) is 0 Å². The van der Waals surface area contributed by atoms with Crippen molar-refractivity contribution in [1.29, 1.82) is 0 Å². The number of likely N-dealkylation sites (N-methyl/N-ethyl adjacent to an activating group) is 2. The van der Waals surface area contributed by atoms with E-state index in [1.165, 1.54) is 61.0 Å². The van der Waals surface area contributed by atoms with E-state index in [2.05, 4.69) is 20.1 Å². The van der Waals surface area contributed by atoms with Crippen LogP contribution in [0.2, 0.25) is 10.0 Å². The van der Waals surface area contributed by atoms with Crippen molar-refractivity contribution in [3.8, 4) is 0 Å². The van der Waals surface area contributed by atoms with Crippen molar-refractivity contribution < 1.29 is 35.2 Å². The second-order valence-electron chi connectivity index (χ2n) is 15.2. The summed E-state index contributed by atoms with van der Waals surface area (Å²) in [6.07, 6.45) is 1.99. The molecule has 2 aliphatic rings. The molecule has 2 amide bonds. The van der Waals surface area contributed by atoms with E-state index in [1.54, 1.807) is 0 Å². The normalized spacial score (nSPS) is 20.1. The number of anilines is 2. The van der Waals surface area contributed by atoms with Crippen LogP contribution in [0.15, 0.2) is 120 Å². The third-order valence-corrected chi connectivity index (χ3v) is 16.6. The highest BCUT2D eigenvalue weighted by Crippen LogP contribution is 2.35. The van der Waals surface area contributed by atoms with Gasteiger partial charge in [-0.25, -0.2) is 8.78 Å².